The van der Waals surface area contributed by atoms with Crippen molar-refractivity contribution in [1.82, 2.24) is 4.31 Å². The number of sulfone groups is 1. The highest BCUT2D eigenvalue weighted by molar-refractivity contribution is 9.09. The van der Waals surface area contributed by atoms with Crippen LogP contribution < -0.4 is 0 Å². The van der Waals surface area contributed by atoms with E-state index in [1.165, 1.54) is 11.4 Å². The molecule has 0 saturated heterocycles. The van der Waals surface area contributed by atoms with Crippen LogP contribution in [0.5, 0.6) is 0 Å². The molecule has 0 amide bonds. The van der Waals surface area contributed by atoms with Crippen LogP contribution in [0.1, 0.15) is 13.3 Å². The molecule has 1 unspecified atom stereocenters. The van der Waals surface area contributed by atoms with Crippen LogP contribution in [0.15, 0.2) is 0 Å². The third-order valence-electron chi connectivity index (χ3n) is 2.03. The molecule has 8 heteroatoms. The van der Waals surface area contributed by atoms with Crippen molar-refractivity contribution in [3.63, 3.8) is 0 Å². The van der Waals surface area contributed by atoms with Gasteiger partial charge >= 0.3 is 0 Å². The van der Waals surface area contributed by atoms with Crippen LogP contribution in [0.4, 0.5) is 0 Å². The molecule has 0 heterocycles. The zero-order valence-electron chi connectivity index (χ0n) is 9.68. The first-order valence-corrected chi connectivity index (χ1v) is 9.39. The second-order valence-corrected chi connectivity index (χ2v) is 9.86. The van der Waals surface area contributed by atoms with E-state index in [0.29, 0.717) is 13.0 Å². The Morgan fingerprint density at radius 2 is 1.69 bits per heavy atom. The van der Waals surface area contributed by atoms with E-state index in [-0.39, 0.29) is 16.3 Å². The van der Waals surface area contributed by atoms with Crippen LogP contribution in [0, 0.1) is 0 Å². The van der Waals surface area contributed by atoms with Gasteiger partial charge in [-0.05, 0) is 6.42 Å². The molecular formula is C8H18BrNO4S2. The van der Waals surface area contributed by atoms with Crippen LogP contribution in [0.3, 0.4) is 0 Å². The van der Waals surface area contributed by atoms with Crippen molar-refractivity contribution in [3.8, 4) is 0 Å². The standard InChI is InChI=1S/C8H18BrNO4S2/c1-8(9)4-5-10(2)16(13,14)7-6-15(3,11)12/h8H,4-7H2,1-3H3. The van der Waals surface area contributed by atoms with Gasteiger partial charge in [0.1, 0.15) is 9.84 Å². The Balaban J connectivity index is 4.33. The summed E-state index contributed by atoms with van der Waals surface area (Å²) in [7, 11) is -5.23. The number of hydrogen-bond donors (Lipinski definition) is 0. The van der Waals surface area contributed by atoms with E-state index >= 15 is 0 Å². The summed E-state index contributed by atoms with van der Waals surface area (Å²) in [6.45, 7) is 2.31. The number of halogens is 1. The van der Waals surface area contributed by atoms with Crippen molar-refractivity contribution >= 4 is 35.8 Å². The minimum absolute atomic E-state index is 0.236. The Kier molecular flexibility index (Phi) is 6.45. The molecule has 0 aliphatic carbocycles. The quantitative estimate of drug-likeness (QED) is 0.634. The molecule has 0 bridgehead atoms. The maximum Gasteiger partial charge on any atom is 0.214 e. The van der Waals surface area contributed by atoms with Crippen molar-refractivity contribution < 1.29 is 16.8 Å². The lowest BCUT2D eigenvalue weighted by Gasteiger charge is -2.17. The molecule has 0 fully saturated rings. The summed E-state index contributed by atoms with van der Waals surface area (Å²) >= 11 is 3.32. The van der Waals surface area contributed by atoms with Gasteiger partial charge in [-0.1, -0.05) is 22.9 Å². The third kappa shape index (κ3) is 7.59. The van der Waals surface area contributed by atoms with Crippen LogP contribution in [0.25, 0.3) is 0 Å². The summed E-state index contributed by atoms with van der Waals surface area (Å²) in [5.41, 5.74) is 0. The Bertz CT molecular complexity index is 402. The molecule has 0 aliphatic heterocycles. The second kappa shape index (κ2) is 6.32. The smallest absolute Gasteiger partial charge is 0.214 e. The first-order valence-electron chi connectivity index (χ1n) is 4.80. The molecule has 1 atom stereocenters. The maximum atomic E-state index is 11.6. The SMILES string of the molecule is CC(Br)CCN(C)S(=O)(=O)CCS(C)(=O)=O. The van der Waals surface area contributed by atoms with E-state index in [1.807, 2.05) is 6.92 Å². The van der Waals surface area contributed by atoms with Crippen molar-refractivity contribution in [2.24, 2.45) is 0 Å². The fourth-order valence-corrected chi connectivity index (χ4v) is 3.86. The third-order valence-corrected chi connectivity index (χ3v) is 5.54. The molecule has 0 aliphatic rings. The van der Waals surface area contributed by atoms with E-state index in [9.17, 15) is 16.8 Å². The molecule has 5 nitrogen and oxygen atoms in total. The Labute approximate surface area is 106 Å². The molecule has 0 N–H and O–H groups in total. The molecule has 16 heavy (non-hydrogen) atoms. The highest BCUT2D eigenvalue weighted by Crippen LogP contribution is 2.07. The maximum absolute atomic E-state index is 11.6. The zero-order chi connectivity index (χ0) is 13.0. The average molecular weight is 336 g/mol. The minimum atomic E-state index is -3.46. The summed E-state index contributed by atoms with van der Waals surface area (Å²) < 4.78 is 46.2. The molecule has 0 aromatic heterocycles. The predicted molar refractivity (Wildman–Crippen MR) is 69.1 cm³/mol. The molecule has 0 spiro atoms. The molecule has 0 aromatic rings. The molecule has 98 valence electrons. The van der Waals surface area contributed by atoms with E-state index < -0.39 is 19.9 Å². The number of alkyl halides is 1. The highest BCUT2D eigenvalue weighted by Gasteiger charge is 2.20. The lowest BCUT2D eigenvalue weighted by Crippen LogP contribution is -2.33. The Morgan fingerprint density at radius 3 is 2.06 bits per heavy atom. The van der Waals surface area contributed by atoms with Gasteiger partial charge < -0.3 is 0 Å². The fraction of sp³-hybridized carbons (Fsp3) is 1.00. The van der Waals surface area contributed by atoms with Gasteiger partial charge in [0.25, 0.3) is 0 Å². The van der Waals surface area contributed by atoms with Gasteiger partial charge in [0.15, 0.2) is 0 Å². The lowest BCUT2D eigenvalue weighted by molar-refractivity contribution is 0.463. The molecule has 0 radical (unpaired) electrons. The van der Waals surface area contributed by atoms with Crippen molar-refractivity contribution in [2.45, 2.75) is 18.2 Å². The van der Waals surface area contributed by atoms with Gasteiger partial charge in [-0.3, -0.25) is 0 Å². The number of rotatable bonds is 7. The van der Waals surface area contributed by atoms with Crippen LogP contribution >= 0.6 is 15.9 Å². The van der Waals surface area contributed by atoms with Gasteiger partial charge in [-0.25, -0.2) is 21.1 Å². The number of hydrogen-bond acceptors (Lipinski definition) is 4. The Hall–Kier alpha value is 0.340. The van der Waals surface area contributed by atoms with Crippen molar-refractivity contribution in [2.75, 3.05) is 31.4 Å². The summed E-state index contributed by atoms with van der Waals surface area (Å²) in [5.74, 6) is -0.678. The van der Waals surface area contributed by atoms with Crippen molar-refractivity contribution in [3.05, 3.63) is 0 Å². The van der Waals surface area contributed by atoms with E-state index in [0.717, 1.165) is 6.26 Å². The van der Waals surface area contributed by atoms with Gasteiger partial charge in [0.05, 0.1) is 11.5 Å². The summed E-state index contributed by atoms with van der Waals surface area (Å²) in [4.78, 5) is 0.236. The molecule has 0 saturated carbocycles. The molecule has 0 aromatic carbocycles. The highest BCUT2D eigenvalue weighted by atomic mass is 79.9. The van der Waals surface area contributed by atoms with E-state index in [4.69, 9.17) is 0 Å². The largest absolute Gasteiger partial charge is 0.229 e. The zero-order valence-corrected chi connectivity index (χ0v) is 12.9. The lowest BCUT2D eigenvalue weighted by atomic mass is 10.3. The average Bonchev–Trinajstić information content (AvgIpc) is 2.10. The first-order chi connectivity index (χ1) is 7.04. The fourth-order valence-electron chi connectivity index (χ4n) is 0.911. The summed E-state index contributed by atoms with van der Waals surface area (Å²) in [5, 5.41) is 0. The van der Waals surface area contributed by atoms with Gasteiger partial charge in [-0.2, -0.15) is 0 Å². The van der Waals surface area contributed by atoms with Gasteiger partial charge in [0, 0.05) is 24.7 Å². The first kappa shape index (κ1) is 16.3. The number of sulfonamides is 1. The Morgan fingerprint density at radius 1 is 1.19 bits per heavy atom. The predicted octanol–water partition coefficient (Wildman–Crippen LogP) is 0.466. The number of nitrogens with zero attached hydrogens (tertiary/aromatic N) is 1. The normalized spacial score (nSPS) is 15.3. The monoisotopic (exact) mass is 335 g/mol. The van der Waals surface area contributed by atoms with Crippen LogP contribution in [-0.4, -0.2) is 57.3 Å². The minimum Gasteiger partial charge on any atom is -0.229 e. The van der Waals surface area contributed by atoms with Gasteiger partial charge in [-0.15, -0.1) is 0 Å². The van der Waals surface area contributed by atoms with Gasteiger partial charge in [0.2, 0.25) is 10.0 Å². The van der Waals surface area contributed by atoms with E-state index in [2.05, 4.69) is 15.9 Å². The van der Waals surface area contributed by atoms with E-state index in [1.54, 1.807) is 0 Å². The molecular weight excluding hydrogens is 318 g/mol. The summed E-state index contributed by atoms with van der Waals surface area (Å²) in [6.07, 6.45) is 1.72. The second-order valence-electron chi connectivity index (χ2n) is 3.84. The summed E-state index contributed by atoms with van der Waals surface area (Å²) in [6, 6.07) is 0. The van der Waals surface area contributed by atoms with Crippen LogP contribution in [0.2, 0.25) is 0 Å². The topological polar surface area (TPSA) is 71.5 Å². The molecule has 0 rings (SSSR count). The van der Waals surface area contributed by atoms with Crippen molar-refractivity contribution in [1.29, 1.82) is 0 Å². The van der Waals surface area contributed by atoms with Crippen LogP contribution in [-0.2, 0) is 19.9 Å².